The van der Waals surface area contributed by atoms with E-state index < -0.39 is 0 Å². The second-order valence-corrected chi connectivity index (χ2v) is 6.15. The summed E-state index contributed by atoms with van der Waals surface area (Å²) < 4.78 is 1.83. The third-order valence-corrected chi connectivity index (χ3v) is 4.22. The molecular formula is C12H14Br2N2O. The van der Waals surface area contributed by atoms with Crippen molar-refractivity contribution in [1.29, 1.82) is 0 Å². The minimum Gasteiger partial charge on any atom is -0.328 e. The van der Waals surface area contributed by atoms with Gasteiger partial charge in [-0.05, 0) is 53.4 Å². The number of hydrogen-bond acceptors (Lipinski definition) is 2. The lowest BCUT2D eigenvalue weighted by atomic mass is 10.1. The molecule has 5 heteroatoms. The summed E-state index contributed by atoms with van der Waals surface area (Å²) in [7, 11) is 0. The Kier molecular flexibility index (Phi) is 4.22. The van der Waals surface area contributed by atoms with Gasteiger partial charge in [-0.1, -0.05) is 15.9 Å². The van der Waals surface area contributed by atoms with E-state index in [4.69, 9.17) is 5.73 Å². The van der Waals surface area contributed by atoms with Crippen molar-refractivity contribution < 1.29 is 4.79 Å². The van der Waals surface area contributed by atoms with Gasteiger partial charge in [-0.3, -0.25) is 4.79 Å². The maximum Gasteiger partial charge on any atom is 0.227 e. The molecule has 92 valence electrons. The van der Waals surface area contributed by atoms with E-state index in [1.165, 1.54) is 0 Å². The monoisotopic (exact) mass is 360 g/mol. The van der Waals surface area contributed by atoms with Crippen LogP contribution in [0.3, 0.4) is 0 Å². The summed E-state index contributed by atoms with van der Waals surface area (Å²) in [5, 5.41) is 2.94. The molecule has 1 aliphatic carbocycles. The molecule has 0 radical (unpaired) electrons. The van der Waals surface area contributed by atoms with Crippen LogP contribution < -0.4 is 11.1 Å². The standard InChI is InChI=1S/C12H14Br2N2O/c13-8-2-4-10(14)11(6-8)16-12(17)7-1-3-9(15)5-7/h2,4,6-7,9H,1,3,5,15H2,(H,16,17). The molecule has 17 heavy (non-hydrogen) atoms. The smallest absolute Gasteiger partial charge is 0.227 e. The molecule has 1 saturated carbocycles. The fourth-order valence-electron chi connectivity index (χ4n) is 2.08. The summed E-state index contributed by atoms with van der Waals surface area (Å²) in [6.07, 6.45) is 2.62. The molecule has 0 bridgehead atoms. The molecule has 2 atom stereocenters. The van der Waals surface area contributed by atoms with Crippen LogP contribution >= 0.6 is 31.9 Å². The fraction of sp³-hybridized carbons (Fsp3) is 0.417. The second kappa shape index (κ2) is 5.50. The zero-order valence-corrected chi connectivity index (χ0v) is 12.4. The quantitative estimate of drug-likeness (QED) is 0.849. The van der Waals surface area contributed by atoms with Gasteiger partial charge in [-0.25, -0.2) is 0 Å². The van der Waals surface area contributed by atoms with Gasteiger partial charge in [0, 0.05) is 20.9 Å². The number of nitrogens with two attached hydrogens (primary N) is 1. The van der Waals surface area contributed by atoms with Gasteiger partial charge in [0.2, 0.25) is 5.91 Å². The first-order valence-electron chi connectivity index (χ1n) is 5.58. The second-order valence-electron chi connectivity index (χ2n) is 4.38. The maximum absolute atomic E-state index is 12.0. The van der Waals surface area contributed by atoms with Crippen LogP contribution in [0.15, 0.2) is 27.1 Å². The summed E-state index contributed by atoms with van der Waals surface area (Å²) >= 11 is 6.81. The number of benzene rings is 1. The van der Waals surface area contributed by atoms with E-state index in [0.717, 1.165) is 33.9 Å². The van der Waals surface area contributed by atoms with Gasteiger partial charge in [0.25, 0.3) is 0 Å². The predicted molar refractivity (Wildman–Crippen MR) is 75.8 cm³/mol. The van der Waals surface area contributed by atoms with Crippen molar-refractivity contribution in [3.8, 4) is 0 Å². The van der Waals surface area contributed by atoms with Crippen LogP contribution in [0, 0.1) is 5.92 Å². The van der Waals surface area contributed by atoms with E-state index in [9.17, 15) is 4.79 Å². The van der Waals surface area contributed by atoms with E-state index in [2.05, 4.69) is 37.2 Å². The molecule has 1 fully saturated rings. The van der Waals surface area contributed by atoms with Gasteiger partial charge < -0.3 is 11.1 Å². The molecular weight excluding hydrogens is 348 g/mol. The molecule has 0 aliphatic heterocycles. The zero-order chi connectivity index (χ0) is 12.4. The molecule has 0 heterocycles. The number of hydrogen-bond donors (Lipinski definition) is 2. The highest BCUT2D eigenvalue weighted by Crippen LogP contribution is 2.29. The molecule has 1 aromatic rings. The Hall–Kier alpha value is -0.390. The number of carbonyl (C=O) groups is 1. The van der Waals surface area contributed by atoms with Gasteiger partial charge >= 0.3 is 0 Å². The summed E-state index contributed by atoms with van der Waals surface area (Å²) in [6.45, 7) is 0. The van der Waals surface area contributed by atoms with Crippen LogP contribution in [0.1, 0.15) is 19.3 Å². The summed E-state index contributed by atoms with van der Waals surface area (Å²) in [6, 6.07) is 5.89. The largest absolute Gasteiger partial charge is 0.328 e. The van der Waals surface area contributed by atoms with Gasteiger partial charge in [0.05, 0.1) is 5.69 Å². The van der Waals surface area contributed by atoms with Crippen molar-refractivity contribution in [1.82, 2.24) is 0 Å². The van der Waals surface area contributed by atoms with Gasteiger partial charge in [0.15, 0.2) is 0 Å². The van der Waals surface area contributed by atoms with Crippen molar-refractivity contribution in [2.24, 2.45) is 11.7 Å². The average molecular weight is 362 g/mol. The maximum atomic E-state index is 12.0. The molecule has 0 spiro atoms. The topological polar surface area (TPSA) is 55.1 Å². The summed E-state index contributed by atoms with van der Waals surface area (Å²) in [5.74, 6) is 0.118. The minimum absolute atomic E-state index is 0.0517. The number of halogens is 2. The SMILES string of the molecule is NC1CCC(C(=O)Nc2cc(Br)ccc2Br)C1. The number of carbonyl (C=O) groups excluding carboxylic acids is 1. The van der Waals surface area contributed by atoms with E-state index in [-0.39, 0.29) is 17.9 Å². The van der Waals surface area contributed by atoms with Crippen molar-refractivity contribution in [2.45, 2.75) is 25.3 Å². The fourth-order valence-corrected chi connectivity index (χ4v) is 2.79. The molecule has 1 aromatic carbocycles. The molecule has 3 nitrogen and oxygen atoms in total. The van der Waals surface area contributed by atoms with Crippen LogP contribution in [-0.4, -0.2) is 11.9 Å². The van der Waals surface area contributed by atoms with E-state index in [0.29, 0.717) is 0 Å². The van der Waals surface area contributed by atoms with Crippen molar-refractivity contribution >= 4 is 43.5 Å². The minimum atomic E-state index is 0.0517. The molecule has 0 aromatic heterocycles. The first-order chi connectivity index (χ1) is 8.06. The Bertz CT molecular complexity index is 437. The lowest BCUT2D eigenvalue weighted by Crippen LogP contribution is -2.23. The lowest BCUT2D eigenvalue weighted by Gasteiger charge is -2.12. The predicted octanol–water partition coefficient (Wildman–Crippen LogP) is 3.28. The average Bonchev–Trinajstić information content (AvgIpc) is 2.70. The Morgan fingerprint density at radius 3 is 2.76 bits per heavy atom. The van der Waals surface area contributed by atoms with E-state index in [1.54, 1.807) is 0 Å². The highest BCUT2D eigenvalue weighted by atomic mass is 79.9. The Labute approximate surface area is 117 Å². The summed E-state index contributed by atoms with van der Waals surface area (Å²) in [4.78, 5) is 12.0. The molecule has 0 saturated heterocycles. The van der Waals surface area contributed by atoms with Crippen LogP contribution in [-0.2, 0) is 4.79 Å². The summed E-state index contributed by atoms with van der Waals surface area (Å²) in [5.41, 5.74) is 6.61. The molecule has 2 rings (SSSR count). The van der Waals surface area contributed by atoms with Crippen molar-refractivity contribution in [3.63, 3.8) is 0 Å². The van der Waals surface area contributed by atoms with Gasteiger partial charge in [0.1, 0.15) is 0 Å². The third-order valence-electron chi connectivity index (χ3n) is 3.03. The van der Waals surface area contributed by atoms with Crippen molar-refractivity contribution in [3.05, 3.63) is 27.1 Å². The van der Waals surface area contributed by atoms with E-state index in [1.807, 2.05) is 18.2 Å². The van der Waals surface area contributed by atoms with Crippen LogP contribution in [0.4, 0.5) is 5.69 Å². The zero-order valence-electron chi connectivity index (χ0n) is 9.25. The highest BCUT2D eigenvalue weighted by molar-refractivity contribution is 9.11. The van der Waals surface area contributed by atoms with Crippen LogP contribution in [0.25, 0.3) is 0 Å². The number of anilines is 1. The Morgan fingerprint density at radius 2 is 2.12 bits per heavy atom. The first kappa shape index (κ1) is 13.1. The molecule has 1 amide bonds. The number of rotatable bonds is 2. The number of amides is 1. The van der Waals surface area contributed by atoms with Crippen molar-refractivity contribution in [2.75, 3.05) is 5.32 Å². The van der Waals surface area contributed by atoms with Crippen LogP contribution in [0.5, 0.6) is 0 Å². The highest BCUT2D eigenvalue weighted by Gasteiger charge is 2.27. The Morgan fingerprint density at radius 1 is 1.35 bits per heavy atom. The van der Waals surface area contributed by atoms with Gasteiger partial charge in [-0.15, -0.1) is 0 Å². The molecule has 3 N–H and O–H groups in total. The van der Waals surface area contributed by atoms with Gasteiger partial charge in [-0.2, -0.15) is 0 Å². The van der Waals surface area contributed by atoms with E-state index >= 15 is 0 Å². The molecule has 2 unspecified atom stereocenters. The Balaban J connectivity index is 2.05. The number of nitrogens with one attached hydrogen (secondary N) is 1. The lowest BCUT2D eigenvalue weighted by molar-refractivity contribution is -0.119. The van der Waals surface area contributed by atoms with Crippen LogP contribution in [0.2, 0.25) is 0 Å². The third kappa shape index (κ3) is 3.30. The first-order valence-corrected chi connectivity index (χ1v) is 7.16. The normalized spacial score (nSPS) is 23.7. The molecule has 1 aliphatic rings.